The number of hydrogen-bond acceptors (Lipinski definition) is 4. The summed E-state index contributed by atoms with van der Waals surface area (Å²) >= 11 is 5.89. The number of nitrogens with one attached hydrogen (secondary N) is 1. The molecule has 0 fully saturated rings. The van der Waals surface area contributed by atoms with E-state index in [2.05, 4.69) is 5.32 Å². The van der Waals surface area contributed by atoms with E-state index < -0.39 is 11.0 Å². The number of aliphatic hydroxyl groups is 1. The van der Waals surface area contributed by atoms with E-state index in [0.717, 1.165) is 17.5 Å². The van der Waals surface area contributed by atoms with Gasteiger partial charge in [-0.25, -0.2) is 0 Å². The fourth-order valence-corrected chi connectivity index (χ4v) is 2.29. The molecule has 0 spiro atoms. The van der Waals surface area contributed by atoms with Crippen molar-refractivity contribution in [3.63, 3.8) is 0 Å². The lowest BCUT2D eigenvalue weighted by Gasteiger charge is -2.12. The highest BCUT2D eigenvalue weighted by molar-refractivity contribution is 6.30. The highest BCUT2D eigenvalue weighted by Gasteiger charge is 2.07. The zero-order chi connectivity index (χ0) is 15.9. The Balaban J connectivity index is 1.76. The van der Waals surface area contributed by atoms with E-state index in [0.29, 0.717) is 18.1 Å². The average molecular weight is 321 g/mol. The number of nitrogens with zero attached hydrogens (tertiary/aromatic N) is 1. The van der Waals surface area contributed by atoms with Crippen LogP contribution in [0.25, 0.3) is 0 Å². The van der Waals surface area contributed by atoms with Gasteiger partial charge in [0.1, 0.15) is 0 Å². The second-order valence-corrected chi connectivity index (χ2v) is 5.38. The van der Waals surface area contributed by atoms with Crippen LogP contribution in [0, 0.1) is 10.1 Å². The molecule has 2 aromatic carbocycles. The van der Waals surface area contributed by atoms with Crippen LogP contribution in [0.1, 0.15) is 17.2 Å². The van der Waals surface area contributed by atoms with Gasteiger partial charge in [-0.05, 0) is 36.2 Å². The number of benzene rings is 2. The average Bonchev–Trinajstić information content (AvgIpc) is 2.51. The largest absolute Gasteiger partial charge is 0.387 e. The maximum Gasteiger partial charge on any atom is 0.269 e. The van der Waals surface area contributed by atoms with Crippen molar-refractivity contribution in [3.05, 3.63) is 74.8 Å². The Labute approximate surface area is 133 Å². The van der Waals surface area contributed by atoms with Crippen molar-refractivity contribution in [2.45, 2.75) is 12.5 Å². The van der Waals surface area contributed by atoms with Crippen LogP contribution in [0.5, 0.6) is 0 Å². The minimum atomic E-state index is -0.615. The number of rotatable bonds is 7. The third-order valence-electron chi connectivity index (χ3n) is 3.31. The van der Waals surface area contributed by atoms with Crippen LogP contribution in [-0.4, -0.2) is 23.1 Å². The lowest BCUT2D eigenvalue weighted by Crippen LogP contribution is -2.23. The smallest absolute Gasteiger partial charge is 0.269 e. The van der Waals surface area contributed by atoms with E-state index in [-0.39, 0.29) is 5.69 Å². The maximum atomic E-state index is 10.6. The van der Waals surface area contributed by atoms with Crippen LogP contribution >= 0.6 is 11.6 Å². The Hall–Kier alpha value is -1.95. The van der Waals surface area contributed by atoms with Gasteiger partial charge in [-0.1, -0.05) is 35.9 Å². The van der Waals surface area contributed by atoms with E-state index in [9.17, 15) is 15.2 Å². The molecule has 0 heterocycles. The molecule has 0 aliphatic heterocycles. The number of halogens is 1. The van der Waals surface area contributed by atoms with Crippen molar-refractivity contribution in [2.24, 2.45) is 0 Å². The molecule has 0 aliphatic rings. The van der Waals surface area contributed by atoms with Crippen LogP contribution in [0.2, 0.25) is 5.02 Å². The lowest BCUT2D eigenvalue weighted by molar-refractivity contribution is -0.384. The fraction of sp³-hybridized carbons (Fsp3) is 0.250. The van der Waals surface area contributed by atoms with Crippen LogP contribution < -0.4 is 5.32 Å². The highest BCUT2D eigenvalue weighted by Crippen LogP contribution is 2.17. The molecule has 2 rings (SSSR count). The molecule has 6 heteroatoms. The Bertz CT molecular complexity index is 632. The molecule has 0 aliphatic carbocycles. The van der Waals surface area contributed by atoms with Gasteiger partial charge >= 0.3 is 0 Å². The van der Waals surface area contributed by atoms with Crippen LogP contribution in [-0.2, 0) is 6.42 Å². The van der Waals surface area contributed by atoms with Crippen molar-refractivity contribution >= 4 is 17.3 Å². The Morgan fingerprint density at radius 2 is 1.95 bits per heavy atom. The van der Waals surface area contributed by atoms with Crippen LogP contribution in [0.15, 0.2) is 48.5 Å². The number of nitro benzene ring substituents is 1. The van der Waals surface area contributed by atoms with Crippen molar-refractivity contribution < 1.29 is 10.0 Å². The van der Waals surface area contributed by atoms with Gasteiger partial charge < -0.3 is 10.4 Å². The number of hydrogen-bond donors (Lipinski definition) is 2. The minimum absolute atomic E-state index is 0.0908. The van der Waals surface area contributed by atoms with Crippen molar-refractivity contribution in [1.29, 1.82) is 0 Å². The summed E-state index contributed by atoms with van der Waals surface area (Å²) in [6.07, 6.45) is 0.121. The first-order chi connectivity index (χ1) is 10.6. The molecule has 0 aromatic heterocycles. The van der Waals surface area contributed by atoms with Gasteiger partial charge in [0.15, 0.2) is 0 Å². The summed E-state index contributed by atoms with van der Waals surface area (Å²) in [5, 5.41) is 24.4. The molecule has 5 nitrogen and oxygen atoms in total. The summed E-state index contributed by atoms with van der Waals surface area (Å²) in [6, 6.07) is 13.6. The van der Waals surface area contributed by atoms with E-state index >= 15 is 0 Å². The quantitative estimate of drug-likeness (QED) is 0.467. The Kier molecular flexibility index (Phi) is 5.89. The Morgan fingerprint density at radius 1 is 1.23 bits per heavy atom. The monoisotopic (exact) mass is 320 g/mol. The predicted molar refractivity (Wildman–Crippen MR) is 86.1 cm³/mol. The molecule has 0 bridgehead atoms. The standard InChI is InChI=1S/C16H17ClN2O3/c17-14-3-1-2-13(10-14)16(20)11-18-9-8-12-4-6-15(7-5-12)19(21)22/h1-7,10,16,18,20H,8-9,11H2. The summed E-state index contributed by atoms with van der Waals surface area (Å²) < 4.78 is 0. The van der Waals surface area contributed by atoms with E-state index in [1.807, 2.05) is 6.07 Å². The van der Waals surface area contributed by atoms with Gasteiger partial charge in [0, 0.05) is 23.7 Å². The van der Waals surface area contributed by atoms with Gasteiger partial charge in [0.2, 0.25) is 0 Å². The van der Waals surface area contributed by atoms with Crippen molar-refractivity contribution in [2.75, 3.05) is 13.1 Å². The SMILES string of the molecule is O=[N+]([O-])c1ccc(CCNCC(O)c2cccc(Cl)c2)cc1. The van der Waals surface area contributed by atoms with Gasteiger partial charge in [0.25, 0.3) is 5.69 Å². The van der Waals surface area contributed by atoms with Gasteiger partial charge in [-0.15, -0.1) is 0 Å². The first-order valence-corrected chi connectivity index (χ1v) is 7.31. The maximum absolute atomic E-state index is 10.6. The van der Waals surface area contributed by atoms with E-state index in [1.165, 1.54) is 12.1 Å². The molecule has 22 heavy (non-hydrogen) atoms. The number of aliphatic hydroxyl groups excluding tert-OH is 1. The van der Waals surface area contributed by atoms with Crippen LogP contribution in [0.3, 0.4) is 0 Å². The van der Waals surface area contributed by atoms with Gasteiger partial charge in [0.05, 0.1) is 11.0 Å². The predicted octanol–water partition coefficient (Wildman–Crippen LogP) is 3.11. The zero-order valence-corrected chi connectivity index (χ0v) is 12.7. The minimum Gasteiger partial charge on any atom is -0.387 e. The number of nitro groups is 1. The third kappa shape index (κ3) is 4.80. The molecular weight excluding hydrogens is 304 g/mol. The van der Waals surface area contributed by atoms with Crippen molar-refractivity contribution in [3.8, 4) is 0 Å². The summed E-state index contributed by atoms with van der Waals surface area (Å²) in [5.41, 5.74) is 1.87. The first-order valence-electron chi connectivity index (χ1n) is 6.94. The van der Waals surface area contributed by atoms with E-state index in [1.54, 1.807) is 30.3 Å². The highest BCUT2D eigenvalue weighted by atomic mass is 35.5. The van der Waals surface area contributed by atoms with E-state index in [4.69, 9.17) is 11.6 Å². The summed E-state index contributed by atoms with van der Waals surface area (Å²) in [5.74, 6) is 0. The number of non-ortho nitro benzene ring substituents is 1. The van der Waals surface area contributed by atoms with Crippen molar-refractivity contribution in [1.82, 2.24) is 5.32 Å². The van der Waals surface area contributed by atoms with Crippen LogP contribution in [0.4, 0.5) is 5.69 Å². The van der Waals surface area contributed by atoms with Gasteiger partial charge in [-0.2, -0.15) is 0 Å². The molecule has 116 valence electrons. The normalized spacial score (nSPS) is 12.1. The lowest BCUT2D eigenvalue weighted by atomic mass is 10.1. The second-order valence-electron chi connectivity index (χ2n) is 4.95. The molecule has 0 saturated heterocycles. The fourth-order valence-electron chi connectivity index (χ4n) is 2.09. The molecule has 0 amide bonds. The van der Waals surface area contributed by atoms with Gasteiger partial charge in [-0.3, -0.25) is 10.1 Å². The molecule has 2 aromatic rings. The summed E-state index contributed by atoms with van der Waals surface area (Å²) in [6.45, 7) is 1.10. The molecule has 2 N–H and O–H groups in total. The summed E-state index contributed by atoms with van der Waals surface area (Å²) in [7, 11) is 0. The topological polar surface area (TPSA) is 75.4 Å². The second kappa shape index (κ2) is 7.89. The molecule has 1 unspecified atom stereocenters. The third-order valence-corrected chi connectivity index (χ3v) is 3.54. The Morgan fingerprint density at radius 3 is 2.59 bits per heavy atom. The molecule has 0 radical (unpaired) electrons. The molecule has 1 atom stereocenters. The first kappa shape index (κ1) is 16.4. The molecular formula is C16H17ClN2O3. The summed E-state index contributed by atoms with van der Waals surface area (Å²) in [4.78, 5) is 10.1. The zero-order valence-electron chi connectivity index (χ0n) is 11.9. The molecule has 0 saturated carbocycles.